The Morgan fingerprint density at radius 2 is 0.490 bits per heavy atom. The van der Waals surface area contributed by atoms with Crippen LogP contribution in [0.15, 0.2) is 373 Å². The van der Waals surface area contributed by atoms with Gasteiger partial charge < -0.3 is 8.83 Å². The first kappa shape index (κ1) is 58.2. The summed E-state index contributed by atoms with van der Waals surface area (Å²) >= 11 is 0. The maximum atomic E-state index is 7.55. The van der Waals surface area contributed by atoms with E-state index in [1.165, 1.54) is 131 Å². The second-order valence-corrected chi connectivity index (χ2v) is 27.9. The fourth-order valence-electron chi connectivity index (χ4n) is 18.0. The summed E-state index contributed by atoms with van der Waals surface area (Å²) in [6.45, 7) is 0. The molecular formula is C102H60O2. The maximum Gasteiger partial charge on any atom is 0.143 e. The highest BCUT2D eigenvalue weighted by Gasteiger charge is 2.28. The van der Waals surface area contributed by atoms with Crippen LogP contribution >= 0.6 is 0 Å². The second-order valence-electron chi connectivity index (χ2n) is 27.9. The third-order valence-corrected chi connectivity index (χ3v) is 22.4. The van der Waals surface area contributed by atoms with Crippen molar-refractivity contribution in [3.63, 3.8) is 0 Å². The van der Waals surface area contributed by atoms with Gasteiger partial charge in [0.1, 0.15) is 22.3 Å². The van der Waals surface area contributed by atoms with Gasteiger partial charge in [0.2, 0.25) is 0 Å². The number of fused-ring (bicyclic) bond motifs is 16. The van der Waals surface area contributed by atoms with E-state index < -0.39 is 0 Å². The third kappa shape index (κ3) is 8.70. The van der Waals surface area contributed by atoms with E-state index >= 15 is 0 Å². The van der Waals surface area contributed by atoms with Crippen molar-refractivity contribution < 1.29 is 8.83 Å². The Bertz CT molecular complexity index is 7260. The van der Waals surface area contributed by atoms with Gasteiger partial charge in [-0.15, -0.1) is 0 Å². The lowest BCUT2D eigenvalue weighted by molar-refractivity contribution is 0.669. The molecule has 0 saturated heterocycles. The first-order chi connectivity index (χ1) is 51.6. The molecule has 2 aromatic heterocycles. The normalized spacial score (nSPS) is 12.0. The van der Waals surface area contributed by atoms with Gasteiger partial charge >= 0.3 is 0 Å². The monoisotopic (exact) mass is 1320 g/mol. The Morgan fingerprint density at radius 3 is 1.05 bits per heavy atom. The lowest BCUT2D eigenvalue weighted by atomic mass is 9.79. The molecule has 0 atom stereocenters. The number of hydrogen-bond donors (Lipinski definition) is 0. The van der Waals surface area contributed by atoms with Crippen LogP contribution in [0, 0.1) is 0 Å². The first-order valence-electron chi connectivity index (χ1n) is 35.9. The van der Waals surface area contributed by atoms with Crippen molar-refractivity contribution in [3.05, 3.63) is 364 Å². The van der Waals surface area contributed by atoms with Crippen molar-refractivity contribution in [1.29, 1.82) is 0 Å². The van der Waals surface area contributed by atoms with Gasteiger partial charge in [-0.25, -0.2) is 0 Å². The number of hydrogen-bond acceptors (Lipinski definition) is 2. The van der Waals surface area contributed by atoms with Crippen LogP contribution in [0.2, 0.25) is 0 Å². The molecule has 0 N–H and O–H groups in total. The average molecular weight is 1320 g/mol. The van der Waals surface area contributed by atoms with E-state index in [4.69, 9.17) is 8.83 Å². The predicted molar refractivity (Wildman–Crippen MR) is 442 cm³/mol. The van der Waals surface area contributed by atoms with Gasteiger partial charge in [0, 0.05) is 27.1 Å². The minimum atomic E-state index is 0.853. The van der Waals surface area contributed by atoms with Crippen LogP contribution in [0.1, 0.15) is 0 Å². The van der Waals surface area contributed by atoms with Crippen LogP contribution in [0.25, 0.3) is 230 Å². The Kier molecular flexibility index (Phi) is 12.8. The fourth-order valence-corrected chi connectivity index (χ4v) is 18.0. The molecule has 0 radical (unpaired) electrons. The molecule has 0 amide bonds. The molecule has 20 aromatic carbocycles. The van der Waals surface area contributed by atoms with Crippen LogP contribution in [0.4, 0.5) is 0 Å². The van der Waals surface area contributed by atoms with Crippen LogP contribution in [0.3, 0.4) is 0 Å². The highest BCUT2D eigenvalue weighted by Crippen LogP contribution is 2.55. The van der Waals surface area contributed by atoms with E-state index in [1.54, 1.807) is 0 Å². The minimum Gasteiger partial charge on any atom is -0.456 e. The van der Waals surface area contributed by atoms with E-state index in [2.05, 4.69) is 364 Å². The maximum absolute atomic E-state index is 7.55. The Balaban J connectivity index is 0.749. The number of benzene rings is 20. The summed E-state index contributed by atoms with van der Waals surface area (Å²) in [6.07, 6.45) is 0. The minimum absolute atomic E-state index is 0.853. The third-order valence-electron chi connectivity index (χ3n) is 22.4. The summed E-state index contributed by atoms with van der Waals surface area (Å²) in [5.41, 5.74) is 22.2. The van der Waals surface area contributed by atoms with Crippen molar-refractivity contribution in [2.45, 2.75) is 0 Å². The van der Waals surface area contributed by atoms with Gasteiger partial charge in [-0.05, 0) is 217 Å². The zero-order valence-corrected chi connectivity index (χ0v) is 56.5. The molecule has 0 aliphatic heterocycles. The Hall–Kier alpha value is -13.7. The number of furan rings is 2. The SMILES string of the molecule is c1ccc(-c2c(-c3c4ccccc4c(-c4ccc(-c5ccc(-c6ccc(-c7c8ccccc8c(-c8cccc9oc%10cc%11ccccc%11cc%10c89)c8ccccc78)cc6)c6c(-c7ccccc7)cccc56)c5oc6cc7ccccc7cc6c45)c4ccccc34)c3ccccc3c3ccccc23)cc1. The molecule has 22 rings (SSSR count). The van der Waals surface area contributed by atoms with E-state index in [1.807, 2.05) is 0 Å². The quantitative estimate of drug-likeness (QED) is 0.112. The summed E-state index contributed by atoms with van der Waals surface area (Å²) in [5, 5.41) is 25.9. The zero-order chi connectivity index (χ0) is 68.1. The molecule has 0 aliphatic carbocycles. The largest absolute Gasteiger partial charge is 0.456 e. The van der Waals surface area contributed by atoms with Crippen LogP contribution in [0.5, 0.6) is 0 Å². The average Bonchev–Trinajstić information content (AvgIpc) is 0.982. The molecule has 480 valence electrons. The van der Waals surface area contributed by atoms with Gasteiger partial charge in [0.05, 0.1) is 0 Å². The van der Waals surface area contributed by atoms with Crippen molar-refractivity contribution in [2.24, 2.45) is 0 Å². The smallest absolute Gasteiger partial charge is 0.143 e. The molecule has 0 bridgehead atoms. The van der Waals surface area contributed by atoms with E-state index in [0.717, 1.165) is 99.2 Å². The summed E-state index contributed by atoms with van der Waals surface area (Å²) in [6, 6.07) is 135. The van der Waals surface area contributed by atoms with Gasteiger partial charge in [-0.3, -0.25) is 0 Å². The molecule has 0 unspecified atom stereocenters. The highest BCUT2D eigenvalue weighted by molar-refractivity contribution is 6.33. The lowest BCUT2D eigenvalue weighted by Gasteiger charge is -2.23. The molecule has 0 spiro atoms. The van der Waals surface area contributed by atoms with Gasteiger partial charge in [0.15, 0.2) is 0 Å². The fraction of sp³-hybridized carbons (Fsp3) is 0. The lowest BCUT2D eigenvalue weighted by Crippen LogP contribution is -1.96. The van der Waals surface area contributed by atoms with E-state index in [9.17, 15) is 0 Å². The van der Waals surface area contributed by atoms with Gasteiger partial charge in [-0.2, -0.15) is 0 Å². The van der Waals surface area contributed by atoms with E-state index in [-0.39, 0.29) is 0 Å². The molecular weight excluding hydrogens is 1260 g/mol. The van der Waals surface area contributed by atoms with Gasteiger partial charge in [-0.1, -0.05) is 328 Å². The van der Waals surface area contributed by atoms with Crippen molar-refractivity contribution in [1.82, 2.24) is 0 Å². The standard InChI is InChI=1S/C102H60O2/c1-3-25-61(26-4-1)69-45-23-46-75-73(54-53-70(95(69)75)62-49-51-64(52-50-62)93-77-37-15-17-39-79(77)96(80-40-18-16-38-78(80)93)86-47-24-48-90-98(86)88-57-65-29-7-9-31-67(65)59-91(88)103-90)85-55-56-87(100-89-58-66-30-8-10-32-68(66)60-92(89)104-102(85)100)97-81-41-19-21-43-83(81)99(84-44-22-20-42-82(84)97)101-76-36-14-12-34-72(76)71-33-11-13-35-74(71)94(101)63-27-5-2-6-28-63/h1-60H. The van der Waals surface area contributed by atoms with E-state index in [0.29, 0.717) is 0 Å². The first-order valence-corrected chi connectivity index (χ1v) is 35.9. The van der Waals surface area contributed by atoms with Crippen LogP contribution in [-0.2, 0) is 0 Å². The number of rotatable bonds is 8. The molecule has 2 heteroatoms. The Labute approximate surface area is 598 Å². The van der Waals surface area contributed by atoms with Crippen LogP contribution < -0.4 is 0 Å². The predicted octanol–water partition coefficient (Wildman–Crippen LogP) is 29.2. The summed E-state index contributed by atoms with van der Waals surface area (Å²) in [7, 11) is 0. The molecule has 22 aromatic rings. The molecule has 2 heterocycles. The molecule has 0 saturated carbocycles. The zero-order valence-electron chi connectivity index (χ0n) is 56.5. The highest BCUT2D eigenvalue weighted by atomic mass is 16.3. The molecule has 0 fully saturated rings. The summed E-state index contributed by atoms with van der Waals surface area (Å²) in [4.78, 5) is 0. The van der Waals surface area contributed by atoms with Crippen molar-refractivity contribution in [3.8, 4) is 89.0 Å². The Morgan fingerprint density at radius 1 is 0.144 bits per heavy atom. The van der Waals surface area contributed by atoms with Crippen molar-refractivity contribution in [2.75, 3.05) is 0 Å². The molecule has 104 heavy (non-hydrogen) atoms. The second kappa shape index (κ2) is 22.9. The summed E-state index contributed by atoms with van der Waals surface area (Å²) in [5.74, 6) is 0. The molecule has 0 aliphatic rings. The van der Waals surface area contributed by atoms with Crippen molar-refractivity contribution >= 4 is 141 Å². The summed E-state index contributed by atoms with van der Waals surface area (Å²) < 4.78 is 14.2. The topological polar surface area (TPSA) is 26.3 Å². The van der Waals surface area contributed by atoms with Gasteiger partial charge in [0.25, 0.3) is 0 Å². The van der Waals surface area contributed by atoms with Crippen LogP contribution in [-0.4, -0.2) is 0 Å². The molecule has 2 nitrogen and oxygen atoms in total.